The zero-order valence-corrected chi connectivity index (χ0v) is 9.83. The Bertz CT molecular complexity index is 298. The smallest absolute Gasteiger partial charge is 0.120 e. The summed E-state index contributed by atoms with van der Waals surface area (Å²) in [7, 11) is 0. The first kappa shape index (κ1) is 12.1. The van der Waals surface area contributed by atoms with Crippen LogP contribution in [-0.2, 0) is 6.54 Å². The number of hydrogen-bond donors (Lipinski definition) is 2. The van der Waals surface area contributed by atoms with Crippen molar-refractivity contribution in [1.29, 1.82) is 0 Å². The minimum atomic E-state index is 0.376. The van der Waals surface area contributed by atoms with Crippen LogP contribution < -0.4 is 5.32 Å². The fraction of sp³-hybridized carbons (Fsp3) is 0.538. The summed E-state index contributed by atoms with van der Waals surface area (Å²) in [6.45, 7) is 7.36. The second-order valence-electron chi connectivity index (χ2n) is 4.18. The molecule has 2 heteroatoms. The van der Waals surface area contributed by atoms with Gasteiger partial charge in [-0.25, -0.2) is 0 Å². The van der Waals surface area contributed by atoms with Crippen LogP contribution in [0.1, 0.15) is 32.8 Å². The van der Waals surface area contributed by atoms with Gasteiger partial charge in [-0.3, -0.25) is 0 Å². The van der Waals surface area contributed by atoms with E-state index >= 15 is 0 Å². The zero-order chi connectivity index (χ0) is 11.3. The summed E-state index contributed by atoms with van der Waals surface area (Å²) in [6.07, 6.45) is 1.18. The monoisotopic (exact) mass is 207 g/mol. The number of rotatable bonds is 5. The van der Waals surface area contributed by atoms with Crippen molar-refractivity contribution in [3.8, 4) is 5.75 Å². The lowest BCUT2D eigenvalue weighted by Gasteiger charge is -2.20. The number of benzene rings is 1. The van der Waals surface area contributed by atoms with Crippen LogP contribution in [0.15, 0.2) is 24.3 Å². The lowest BCUT2D eigenvalue weighted by Crippen LogP contribution is -2.31. The van der Waals surface area contributed by atoms with Gasteiger partial charge in [-0.05, 0) is 18.9 Å². The third-order valence-electron chi connectivity index (χ3n) is 3.10. The first-order valence-corrected chi connectivity index (χ1v) is 5.65. The number of nitrogens with one attached hydrogen (secondary N) is 1. The molecule has 0 amide bonds. The highest BCUT2D eigenvalue weighted by Crippen LogP contribution is 2.16. The molecular formula is C13H21NO. The van der Waals surface area contributed by atoms with E-state index in [2.05, 4.69) is 26.1 Å². The van der Waals surface area contributed by atoms with E-state index in [4.69, 9.17) is 0 Å². The van der Waals surface area contributed by atoms with Crippen molar-refractivity contribution in [2.45, 2.75) is 39.8 Å². The van der Waals surface area contributed by atoms with E-state index in [1.54, 1.807) is 6.07 Å². The molecule has 0 spiro atoms. The first-order chi connectivity index (χ1) is 7.15. The first-order valence-electron chi connectivity index (χ1n) is 5.65. The van der Waals surface area contributed by atoms with Gasteiger partial charge in [0.05, 0.1) is 0 Å². The zero-order valence-electron chi connectivity index (χ0n) is 9.83. The Morgan fingerprint density at radius 2 is 1.93 bits per heavy atom. The van der Waals surface area contributed by atoms with Crippen molar-refractivity contribution in [1.82, 2.24) is 5.32 Å². The van der Waals surface area contributed by atoms with Crippen molar-refractivity contribution >= 4 is 0 Å². The molecule has 0 fully saturated rings. The minimum Gasteiger partial charge on any atom is -0.508 e. The van der Waals surface area contributed by atoms with Gasteiger partial charge >= 0.3 is 0 Å². The second-order valence-corrected chi connectivity index (χ2v) is 4.18. The second kappa shape index (κ2) is 5.76. The Morgan fingerprint density at radius 3 is 2.53 bits per heavy atom. The minimum absolute atomic E-state index is 0.376. The van der Waals surface area contributed by atoms with E-state index in [9.17, 15) is 5.11 Å². The fourth-order valence-electron chi connectivity index (χ4n) is 1.49. The molecule has 0 radical (unpaired) electrons. The van der Waals surface area contributed by atoms with Crippen LogP contribution in [0.3, 0.4) is 0 Å². The molecule has 0 aromatic heterocycles. The molecule has 15 heavy (non-hydrogen) atoms. The van der Waals surface area contributed by atoms with Crippen LogP contribution in [0, 0.1) is 5.92 Å². The van der Waals surface area contributed by atoms with E-state index in [0.29, 0.717) is 17.7 Å². The highest BCUT2D eigenvalue weighted by Gasteiger charge is 2.09. The van der Waals surface area contributed by atoms with Crippen LogP contribution in [-0.4, -0.2) is 11.1 Å². The van der Waals surface area contributed by atoms with Gasteiger partial charge in [-0.2, -0.15) is 0 Å². The van der Waals surface area contributed by atoms with Crippen molar-refractivity contribution in [2.75, 3.05) is 0 Å². The van der Waals surface area contributed by atoms with Crippen LogP contribution in [0.4, 0.5) is 0 Å². The van der Waals surface area contributed by atoms with E-state index in [-0.39, 0.29) is 0 Å². The fourth-order valence-corrected chi connectivity index (χ4v) is 1.49. The molecule has 0 aliphatic carbocycles. The van der Waals surface area contributed by atoms with Crippen molar-refractivity contribution in [3.63, 3.8) is 0 Å². The van der Waals surface area contributed by atoms with Gasteiger partial charge in [0, 0.05) is 18.2 Å². The summed E-state index contributed by atoms with van der Waals surface area (Å²) >= 11 is 0. The molecule has 2 atom stereocenters. The summed E-state index contributed by atoms with van der Waals surface area (Å²) in [6, 6.07) is 7.95. The van der Waals surface area contributed by atoms with Crippen LogP contribution in [0.2, 0.25) is 0 Å². The SMILES string of the molecule is CCC(C)C(C)NCc1ccccc1O. The van der Waals surface area contributed by atoms with Gasteiger partial charge in [-0.1, -0.05) is 38.5 Å². The van der Waals surface area contributed by atoms with Gasteiger partial charge in [-0.15, -0.1) is 0 Å². The van der Waals surface area contributed by atoms with Gasteiger partial charge < -0.3 is 10.4 Å². The number of phenols is 1. The molecule has 0 saturated heterocycles. The molecule has 0 aliphatic rings. The van der Waals surface area contributed by atoms with Crippen molar-refractivity contribution < 1.29 is 5.11 Å². The molecule has 0 saturated carbocycles. The highest BCUT2D eigenvalue weighted by atomic mass is 16.3. The topological polar surface area (TPSA) is 32.3 Å². The molecule has 0 aliphatic heterocycles. The number of phenolic OH excluding ortho intramolecular Hbond substituents is 1. The normalized spacial score (nSPS) is 14.9. The van der Waals surface area contributed by atoms with E-state index in [1.165, 1.54) is 6.42 Å². The molecule has 2 unspecified atom stereocenters. The molecule has 0 heterocycles. The molecule has 1 aromatic rings. The Balaban J connectivity index is 2.47. The number of hydrogen-bond acceptors (Lipinski definition) is 2. The summed E-state index contributed by atoms with van der Waals surface area (Å²) in [4.78, 5) is 0. The molecule has 2 nitrogen and oxygen atoms in total. The highest BCUT2D eigenvalue weighted by molar-refractivity contribution is 5.31. The summed E-state index contributed by atoms with van der Waals surface area (Å²) < 4.78 is 0. The number of para-hydroxylation sites is 1. The van der Waals surface area contributed by atoms with E-state index < -0.39 is 0 Å². The maximum absolute atomic E-state index is 9.58. The standard InChI is InChI=1S/C13H21NO/c1-4-10(2)11(3)14-9-12-7-5-6-8-13(12)15/h5-8,10-11,14-15H,4,9H2,1-3H3. The van der Waals surface area contributed by atoms with E-state index in [1.807, 2.05) is 18.2 Å². The predicted molar refractivity (Wildman–Crippen MR) is 63.9 cm³/mol. The third kappa shape index (κ3) is 3.56. The number of aromatic hydroxyl groups is 1. The van der Waals surface area contributed by atoms with Gasteiger partial charge in [0.25, 0.3) is 0 Å². The third-order valence-corrected chi connectivity index (χ3v) is 3.10. The Labute approximate surface area is 92.3 Å². The van der Waals surface area contributed by atoms with Crippen molar-refractivity contribution in [3.05, 3.63) is 29.8 Å². The summed E-state index contributed by atoms with van der Waals surface area (Å²) in [5.74, 6) is 1.04. The Kier molecular flexibility index (Phi) is 4.63. The van der Waals surface area contributed by atoms with Crippen LogP contribution >= 0.6 is 0 Å². The van der Waals surface area contributed by atoms with Gasteiger partial charge in [0.15, 0.2) is 0 Å². The Morgan fingerprint density at radius 1 is 1.27 bits per heavy atom. The Hall–Kier alpha value is -1.02. The van der Waals surface area contributed by atoms with Gasteiger partial charge in [0.1, 0.15) is 5.75 Å². The van der Waals surface area contributed by atoms with Crippen molar-refractivity contribution in [2.24, 2.45) is 5.92 Å². The summed E-state index contributed by atoms with van der Waals surface area (Å²) in [5, 5.41) is 13.0. The molecule has 2 N–H and O–H groups in total. The summed E-state index contributed by atoms with van der Waals surface area (Å²) in [5.41, 5.74) is 0.965. The van der Waals surface area contributed by atoms with Gasteiger partial charge in [0.2, 0.25) is 0 Å². The van der Waals surface area contributed by atoms with E-state index in [0.717, 1.165) is 12.1 Å². The maximum atomic E-state index is 9.58. The lowest BCUT2D eigenvalue weighted by atomic mass is 10.0. The average molecular weight is 207 g/mol. The largest absolute Gasteiger partial charge is 0.508 e. The molecule has 1 rings (SSSR count). The molecule has 1 aromatic carbocycles. The molecular weight excluding hydrogens is 186 g/mol. The van der Waals surface area contributed by atoms with Crippen LogP contribution in [0.5, 0.6) is 5.75 Å². The van der Waals surface area contributed by atoms with Crippen LogP contribution in [0.25, 0.3) is 0 Å². The quantitative estimate of drug-likeness (QED) is 0.778. The molecule has 84 valence electrons. The lowest BCUT2D eigenvalue weighted by molar-refractivity contribution is 0.384. The predicted octanol–water partition coefficient (Wildman–Crippen LogP) is 2.92. The maximum Gasteiger partial charge on any atom is 0.120 e. The molecule has 0 bridgehead atoms. The average Bonchev–Trinajstić information content (AvgIpc) is 2.26.